The fraction of sp³-hybridized carbons (Fsp3) is 0.513. The Hall–Kier alpha value is -12.0. The highest BCUT2D eigenvalue weighted by Crippen LogP contribution is 2.34. The normalized spacial score (nSPS) is 18.5. The lowest BCUT2D eigenvalue weighted by atomic mass is 10.1. The summed E-state index contributed by atoms with van der Waals surface area (Å²) in [4.78, 5) is 194. The van der Waals surface area contributed by atoms with Gasteiger partial charge in [-0.15, -0.1) is 0 Å². The number of fused-ring (bicyclic) bond motifs is 2. The molecule has 5 amide bonds. The van der Waals surface area contributed by atoms with Crippen LogP contribution >= 0.6 is 0 Å². The van der Waals surface area contributed by atoms with Crippen LogP contribution in [0.1, 0.15) is 59.2 Å². The van der Waals surface area contributed by atoms with E-state index >= 15 is 4.79 Å². The minimum atomic E-state index is -3.25. The number of unbranched alkanes of at least 4 members (excludes halogenated alkanes) is 2. The van der Waals surface area contributed by atoms with E-state index in [1.54, 1.807) is 82.8 Å². The summed E-state index contributed by atoms with van der Waals surface area (Å²) >= 11 is 0. The van der Waals surface area contributed by atoms with Gasteiger partial charge < -0.3 is 75.7 Å². The number of aromatic nitrogens is 2. The summed E-state index contributed by atoms with van der Waals surface area (Å²) in [5.41, 5.74) is -2.59. The summed E-state index contributed by atoms with van der Waals surface area (Å²) in [5.74, 6) is -14.2. The standard InChI is InChI=1S/C76H90F4N18O19/c77-75(78)35-48(37-81)97(46-75)58(99)39-87-73(114)52-9-13-83-56-7-5-50(33-54(52)56)116-31-3-1-11-85-65-67(71(112)69(65)110)95-25-23-93(45-64(108)109)24-26-96(30-28-94(27-29-95)60(101)41-89-15-17-90(42-61(102)103)19-21-92(44-63(106)107)22-20-91(18-16-89)43-62(104)105)68-66(70(111)72(68)113)86-12-2-4-32-117-51-6-8-57-55(34-51)53(10-14-84-57)74(115)88-40-59(100)98-47-76(79,80)36-49(98)38-82/h5-10,13-14,33-34,48-49,85-86H,1-4,11-12,15-32,35-36,39-47H2,(H,87,114)(H,88,115)(H,102,103)(H,104,105)(H,106,107)(H,108,109)/t48-,49-/m0/s1. The van der Waals surface area contributed by atoms with Crippen LogP contribution in [0, 0.1) is 22.7 Å². The van der Waals surface area contributed by atoms with Crippen molar-refractivity contribution in [2.45, 2.75) is 62.5 Å². The maximum atomic E-state index is 15.2. The molecule has 6 heterocycles. The van der Waals surface area contributed by atoms with Crippen LogP contribution in [0.25, 0.3) is 21.8 Å². The molecule has 4 aliphatic heterocycles. The quantitative estimate of drug-likeness (QED) is 0.0150. The molecule has 2 atom stereocenters. The molecule has 0 aliphatic carbocycles. The Morgan fingerprint density at radius 3 is 1.15 bits per heavy atom. The number of benzene rings is 2. The Labute approximate surface area is 665 Å². The van der Waals surface area contributed by atoms with E-state index in [0.29, 0.717) is 59.0 Å². The predicted octanol–water partition coefficient (Wildman–Crippen LogP) is -0.486. The largest absolute Gasteiger partial charge is 0.494 e. The molecule has 41 heteroatoms. The van der Waals surface area contributed by atoms with E-state index in [4.69, 9.17) is 9.47 Å². The maximum absolute atomic E-state index is 15.2. The SMILES string of the molecule is N#C[C@@H]1CC(F)(F)CN1C(=O)CNC(=O)c1ccnc2ccc(OCCCCNc3c(N4CCN(CC(=O)O)CCN(c5c(NCCCCOc6ccc7nccc(C(=O)NCC(=O)N8CC(F)(F)C[C@H]8C#N)c7c6)c(=O)c5=O)CCN(C(=O)CN5CCN(CC(=O)O)CCN(CC(=O)O)CCN(CC(=O)O)CC5)CC4)c(=O)c3=O)cc12. The van der Waals surface area contributed by atoms with Gasteiger partial charge in [0.2, 0.25) is 17.7 Å². The zero-order chi connectivity index (χ0) is 84.3. The van der Waals surface area contributed by atoms with Crippen LogP contribution in [0.2, 0.25) is 0 Å². The Morgan fingerprint density at radius 2 is 0.795 bits per heavy atom. The van der Waals surface area contributed by atoms with E-state index in [0.717, 1.165) is 9.80 Å². The molecule has 8 N–H and O–H groups in total. The Bertz CT molecular complexity index is 4620. The van der Waals surface area contributed by atoms with E-state index in [-0.39, 0.29) is 171 Å². The second kappa shape index (κ2) is 40.0. The van der Waals surface area contributed by atoms with Gasteiger partial charge in [-0.1, -0.05) is 0 Å². The number of ether oxygens (including phenoxy) is 2. The highest BCUT2D eigenvalue weighted by Gasteiger charge is 2.48. The first-order valence-corrected chi connectivity index (χ1v) is 38.0. The highest BCUT2D eigenvalue weighted by atomic mass is 19.3. The molecule has 626 valence electrons. The molecule has 2 aromatic heterocycles. The number of hydrogen-bond donors (Lipinski definition) is 8. The van der Waals surface area contributed by atoms with Crippen molar-refractivity contribution in [2.75, 3.05) is 210 Å². The van der Waals surface area contributed by atoms with Gasteiger partial charge in [0.05, 0.1) is 106 Å². The molecule has 6 aromatic rings. The van der Waals surface area contributed by atoms with Crippen LogP contribution in [-0.4, -0.2) is 337 Å². The number of anilines is 4. The fourth-order valence-electron chi connectivity index (χ4n) is 14.4. The minimum Gasteiger partial charge on any atom is -0.494 e. The molecule has 0 bridgehead atoms. The first kappa shape index (κ1) is 87.3. The molecule has 0 radical (unpaired) electrons. The van der Waals surface area contributed by atoms with Crippen LogP contribution < -0.4 is 62.3 Å². The third-order valence-electron chi connectivity index (χ3n) is 20.6. The third kappa shape index (κ3) is 23.6. The van der Waals surface area contributed by atoms with Crippen LogP contribution in [0.3, 0.4) is 0 Å². The number of rotatable bonds is 32. The van der Waals surface area contributed by atoms with Gasteiger partial charge >= 0.3 is 23.9 Å². The van der Waals surface area contributed by atoms with E-state index in [1.807, 2.05) is 0 Å². The molecule has 0 spiro atoms. The fourth-order valence-corrected chi connectivity index (χ4v) is 14.4. The number of pyridine rings is 2. The smallest absolute Gasteiger partial charge is 0.317 e. The molecule has 37 nitrogen and oxygen atoms in total. The molecule has 117 heavy (non-hydrogen) atoms. The van der Waals surface area contributed by atoms with Crippen molar-refractivity contribution in [3.05, 3.63) is 113 Å². The van der Waals surface area contributed by atoms with E-state index in [2.05, 4.69) is 31.2 Å². The van der Waals surface area contributed by atoms with Gasteiger partial charge in [0.25, 0.3) is 45.4 Å². The van der Waals surface area contributed by atoms with Crippen molar-refractivity contribution in [3.63, 3.8) is 0 Å². The number of nitriles is 2. The monoisotopic (exact) mass is 1630 g/mol. The Morgan fingerprint density at radius 1 is 0.453 bits per heavy atom. The average Bonchev–Trinajstić information content (AvgIpc) is 1.18. The maximum Gasteiger partial charge on any atom is 0.317 e. The highest BCUT2D eigenvalue weighted by molar-refractivity contribution is 6.08. The number of carbonyl (C=O) groups is 9. The first-order valence-electron chi connectivity index (χ1n) is 38.0. The minimum absolute atomic E-state index is 0.0328. The van der Waals surface area contributed by atoms with Crippen LogP contribution in [0.4, 0.5) is 40.3 Å². The summed E-state index contributed by atoms with van der Waals surface area (Å²) in [7, 11) is 0. The number of halogens is 4. The Balaban J connectivity index is 0.815. The number of carbonyl (C=O) groups excluding carboxylic acids is 5. The molecule has 4 aromatic carbocycles. The average molecular weight is 1640 g/mol. The number of aliphatic carboxylic acids is 4. The second-order valence-electron chi connectivity index (χ2n) is 28.9. The topological polar surface area (TPSA) is 475 Å². The summed E-state index contributed by atoms with van der Waals surface area (Å²) in [6.07, 6.45) is 2.60. The van der Waals surface area contributed by atoms with Crippen molar-refractivity contribution < 1.29 is 90.6 Å². The number of likely N-dealkylation sites (tertiary alicyclic amines) is 2. The zero-order valence-corrected chi connectivity index (χ0v) is 63.9. The summed E-state index contributed by atoms with van der Waals surface area (Å²) in [5, 5.41) is 70.2. The molecular weight excluding hydrogens is 1540 g/mol. The van der Waals surface area contributed by atoms with Gasteiger partial charge in [0, 0.05) is 154 Å². The van der Waals surface area contributed by atoms with Gasteiger partial charge in [-0.25, -0.2) is 17.6 Å². The lowest BCUT2D eigenvalue weighted by Gasteiger charge is -2.37. The van der Waals surface area contributed by atoms with Crippen molar-refractivity contribution in [3.8, 4) is 23.6 Å². The van der Waals surface area contributed by atoms with Crippen molar-refractivity contribution in [1.29, 1.82) is 10.5 Å². The van der Waals surface area contributed by atoms with Gasteiger partial charge in [-0.05, 0) is 74.2 Å². The Kier molecular flexibility index (Phi) is 29.9. The number of nitrogens with zero attached hydrogens (tertiary/aromatic N) is 14. The number of nitrogens with one attached hydrogen (secondary N) is 4. The zero-order valence-electron chi connectivity index (χ0n) is 63.9. The van der Waals surface area contributed by atoms with Gasteiger partial charge in [0.1, 0.15) is 46.3 Å². The number of hydrogen-bond acceptors (Lipinski definition) is 28. The second-order valence-corrected chi connectivity index (χ2v) is 28.9. The number of carboxylic acids is 4. The molecule has 4 fully saturated rings. The van der Waals surface area contributed by atoms with Crippen molar-refractivity contribution in [1.82, 2.24) is 59.8 Å². The summed E-state index contributed by atoms with van der Waals surface area (Å²) in [6.45, 7) is -5.09. The molecule has 0 saturated carbocycles. The molecule has 4 aliphatic rings. The van der Waals surface area contributed by atoms with Gasteiger partial charge in [-0.3, -0.25) is 96.8 Å². The lowest BCUT2D eigenvalue weighted by molar-refractivity contribution is -0.140. The molecule has 10 rings (SSSR count). The first-order chi connectivity index (χ1) is 55.9. The van der Waals surface area contributed by atoms with E-state index in [9.17, 15) is 106 Å². The molecule has 4 saturated heterocycles. The van der Waals surface area contributed by atoms with Gasteiger partial charge in [-0.2, -0.15) is 10.5 Å². The van der Waals surface area contributed by atoms with Crippen LogP contribution in [-0.2, 0) is 33.6 Å². The molecule has 0 unspecified atom stereocenters. The van der Waals surface area contributed by atoms with Crippen molar-refractivity contribution in [2.24, 2.45) is 0 Å². The lowest BCUT2D eigenvalue weighted by Crippen LogP contribution is -2.54. The number of amides is 5. The van der Waals surface area contributed by atoms with Crippen molar-refractivity contribution >= 4 is 98.0 Å². The van der Waals surface area contributed by atoms with E-state index < -0.39 is 164 Å². The number of carboxylic acid groups (broad SMARTS) is 4. The predicted molar refractivity (Wildman–Crippen MR) is 412 cm³/mol. The van der Waals surface area contributed by atoms with Crippen LogP contribution in [0.5, 0.6) is 11.5 Å². The summed E-state index contributed by atoms with van der Waals surface area (Å²) in [6, 6.07) is 13.0. The number of alkyl halides is 4. The van der Waals surface area contributed by atoms with Gasteiger partial charge in [0.15, 0.2) is 0 Å². The molecular formula is C76H90F4N18O19. The van der Waals surface area contributed by atoms with Crippen LogP contribution in [0.15, 0.2) is 80.1 Å². The summed E-state index contributed by atoms with van der Waals surface area (Å²) < 4.78 is 68.3. The third-order valence-corrected chi connectivity index (χ3v) is 20.6. The van der Waals surface area contributed by atoms with E-state index in [1.165, 1.54) is 29.4 Å².